The molecular formula is C61H37N3O. The number of hydrogen-bond donors (Lipinski definition) is 0. The van der Waals surface area contributed by atoms with E-state index in [1.807, 2.05) is 36.4 Å². The third-order valence-electron chi connectivity index (χ3n) is 12.9. The van der Waals surface area contributed by atoms with Crippen LogP contribution in [0.3, 0.4) is 0 Å². The molecule has 0 saturated heterocycles. The van der Waals surface area contributed by atoms with Gasteiger partial charge in [0.25, 0.3) is 0 Å². The maximum atomic E-state index is 7.13. The normalized spacial score (nSPS) is 11.7. The second kappa shape index (κ2) is 15.0. The van der Waals surface area contributed by atoms with Crippen LogP contribution in [0.1, 0.15) is 0 Å². The van der Waals surface area contributed by atoms with Crippen molar-refractivity contribution < 1.29 is 4.42 Å². The summed E-state index contributed by atoms with van der Waals surface area (Å²) in [4.78, 5) is 15.5. The van der Waals surface area contributed by atoms with E-state index < -0.39 is 0 Å². The van der Waals surface area contributed by atoms with Gasteiger partial charge in [0.2, 0.25) is 0 Å². The lowest BCUT2D eigenvalue weighted by atomic mass is 9.86. The van der Waals surface area contributed by atoms with Crippen molar-refractivity contribution in [3.05, 3.63) is 224 Å². The van der Waals surface area contributed by atoms with Crippen LogP contribution >= 0.6 is 0 Å². The van der Waals surface area contributed by atoms with Gasteiger partial charge in [-0.3, -0.25) is 0 Å². The van der Waals surface area contributed by atoms with Gasteiger partial charge in [-0.25, -0.2) is 15.0 Å². The molecule has 0 fully saturated rings. The SMILES string of the molecule is c1ccc(-c2nc(-c3ccccc3)nc(-c3c4ccccc4c(-c4cccc5c4oc4cc(-c6c7ccccc7c(-c7ccccc7)c7ccccc67)ccc45)c4ccccc34)n2)cc1. The van der Waals surface area contributed by atoms with Crippen LogP contribution in [-0.4, -0.2) is 15.0 Å². The number of para-hydroxylation sites is 1. The summed E-state index contributed by atoms with van der Waals surface area (Å²) >= 11 is 0. The topological polar surface area (TPSA) is 51.8 Å². The van der Waals surface area contributed by atoms with E-state index in [9.17, 15) is 0 Å². The van der Waals surface area contributed by atoms with Crippen LogP contribution in [0.25, 0.3) is 133 Å². The third kappa shape index (κ3) is 5.96. The Morgan fingerprint density at radius 1 is 0.246 bits per heavy atom. The first-order valence-corrected chi connectivity index (χ1v) is 22.0. The average Bonchev–Trinajstić information content (AvgIpc) is 3.76. The molecule has 0 aliphatic heterocycles. The summed E-state index contributed by atoms with van der Waals surface area (Å²) in [6.07, 6.45) is 0. The molecule has 0 radical (unpaired) electrons. The first-order chi connectivity index (χ1) is 32.3. The Labute approximate surface area is 374 Å². The van der Waals surface area contributed by atoms with Crippen molar-refractivity contribution in [3.8, 4) is 67.5 Å². The minimum atomic E-state index is 0.628. The summed E-state index contributed by atoms with van der Waals surface area (Å²) in [5.41, 5.74) is 11.5. The van der Waals surface area contributed by atoms with Crippen molar-refractivity contribution >= 4 is 65.0 Å². The fourth-order valence-corrected chi connectivity index (χ4v) is 10.1. The van der Waals surface area contributed by atoms with Gasteiger partial charge in [0.15, 0.2) is 17.5 Å². The summed E-state index contributed by atoms with van der Waals surface area (Å²) in [6.45, 7) is 0. The highest BCUT2D eigenvalue weighted by Gasteiger charge is 2.24. The summed E-state index contributed by atoms with van der Waals surface area (Å²) in [7, 11) is 0. The van der Waals surface area contributed by atoms with Crippen LogP contribution in [0.15, 0.2) is 229 Å². The van der Waals surface area contributed by atoms with Crippen LogP contribution in [0, 0.1) is 0 Å². The number of furan rings is 1. The maximum Gasteiger partial charge on any atom is 0.165 e. The highest BCUT2D eigenvalue weighted by molar-refractivity contribution is 6.25. The highest BCUT2D eigenvalue weighted by atomic mass is 16.3. The van der Waals surface area contributed by atoms with E-state index in [-0.39, 0.29) is 0 Å². The van der Waals surface area contributed by atoms with Crippen molar-refractivity contribution in [2.24, 2.45) is 0 Å². The molecule has 0 aliphatic carbocycles. The molecule has 0 bridgehead atoms. The molecular weight excluding hydrogens is 791 g/mol. The number of hydrogen-bond acceptors (Lipinski definition) is 4. The molecule has 2 aromatic heterocycles. The van der Waals surface area contributed by atoms with Gasteiger partial charge in [-0.05, 0) is 77.5 Å². The van der Waals surface area contributed by atoms with Crippen LogP contribution in [0.5, 0.6) is 0 Å². The van der Waals surface area contributed by atoms with Gasteiger partial charge in [0.1, 0.15) is 11.2 Å². The molecule has 0 spiro atoms. The van der Waals surface area contributed by atoms with Gasteiger partial charge in [-0.1, -0.05) is 212 Å². The van der Waals surface area contributed by atoms with Gasteiger partial charge >= 0.3 is 0 Å². The minimum absolute atomic E-state index is 0.628. The second-order valence-electron chi connectivity index (χ2n) is 16.6. The van der Waals surface area contributed by atoms with Crippen LogP contribution in [-0.2, 0) is 0 Å². The minimum Gasteiger partial charge on any atom is -0.455 e. The van der Waals surface area contributed by atoms with E-state index in [4.69, 9.17) is 19.4 Å². The van der Waals surface area contributed by atoms with Crippen molar-refractivity contribution in [2.45, 2.75) is 0 Å². The van der Waals surface area contributed by atoms with Gasteiger partial charge in [-0.2, -0.15) is 0 Å². The van der Waals surface area contributed by atoms with Crippen molar-refractivity contribution in [2.75, 3.05) is 0 Å². The predicted octanol–water partition coefficient (Wildman–Crippen LogP) is 16.4. The van der Waals surface area contributed by atoms with E-state index in [1.54, 1.807) is 0 Å². The lowest BCUT2D eigenvalue weighted by Crippen LogP contribution is -2.01. The molecule has 0 N–H and O–H groups in total. The van der Waals surface area contributed by atoms with E-state index in [2.05, 4.69) is 188 Å². The number of aromatic nitrogens is 3. The smallest absolute Gasteiger partial charge is 0.165 e. The van der Waals surface area contributed by atoms with E-state index in [0.717, 1.165) is 76.9 Å². The number of nitrogens with zero attached hydrogens (tertiary/aromatic N) is 3. The lowest BCUT2D eigenvalue weighted by Gasteiger charge is -2.17. The number of benzene rings is 11. The summed E-state index contributed by atoms with van der Waals surface area (Å²) in [5, 5.41) is 11.3. The first kappa shape index (κ1) is 36.9. The summed E-state index contributed by atoms with van der Waals surface area (Å²) in [5.74, 6) is 1.89. The second-order valence-corrected chi connectivity index (χ2v) is 16.6. The Morgan fingerprint density at radius 2 is 0.631 bits per heavy atom. The molecule has 302 valence electrons. The zero-order valence-corrected chi connectivity index (χ0v) is 35.1. The van der Waals surface area contributed by atoms with E-state index in [1.165, 1.54) is 38.2 Å². The molecule has 13 rings (SSSR count). The zero-order chi connectivity index (χ0) is 42.8. The van der Waals surface area contributed by atoms with Crippen molar-refractivity contribution in [1.82, 2.24) is 15.0 Å². The molecule has 0 aliphatic rings. The number of rotatable bonds is 6. The van der Waals surface area contributed by atoms with E-state index >= 15 is 0 Å². The Bertz CT molecular complexity index is 3820. The van der Waals surface area contributed by atoms with Gasteiger partial charge in [0, 0.05) is 38.6 Å². The van der Waals surface area contributed by atoms with Gasteiger partial charge in [0.05, 0.1) is 0 Å². The fraction of sp³-hybridized carbons (Fsp3) is 0. The molecule has 4 nitrogen and oxygen atoms in total. The molecule has 0 atom stereocenters. The van der Waals surface area contributed by atoms with Gasteiger partial charge < -0.3 is 4.42 Å². The lowest BCUT2D eigenvalue weighted by molar-refractivity contribution is 0.670. The van der Waals surface area contributed by atoms with Crippen LogP contribution in [0.2, 0.25) is 0 Å². The molecule has 0 saturated carbocycles. The largest absolute Gasteiger partial charge is 0.455 e. The highest BCUT2D eigenvalue weighted by Crippen LogP contribution is 2.48. The quantitative estimate of drug-likeness (QED) is 0.157. The zero-order valence-electron chi connectivity index (χ0n) is 35.1. The first-order valence-electron chi connectivity index (χ1n) is 22.0. The van der Waals surface area contributed by atoms with Crippen LogP contribution in [0.4, 0.5) is 0 Å². The Kier molecular flexibility index (Phi) is 8.50. The molecule has 2 heterocycles. The molecule has 0 amide bonds. The monoisotopic (exact) mass is 827 g/mol. The van der Waals surface area contributed by atoms with Crippen LogP contribution < -0.4 is 0 Å². The van der Waals surface area contributed by atoms with Crippen molar-refractivity contribution in [1.29, 1.82) is 0 Å². The Hall–Kier alpha value is -8.73. The van der Waals surface area contributed by atoms with Crippen molar-refractivity contribution in [3.63, 3.8) is 0 Å². The standard InChI is InChI=1S/C61H37N3O/c1-4-19-38(20-5-1)54-43-25-10-12-27-45(43)55(46-28-13-11-26-44(46)54)41-35-36-42-51-33-18-34-52(58(51)65-53(42)37-41)56-47-29-14-16-31-49(47)57(50-32-17-15-30-48(50)56)61-63-59(39-21-6-2-7-22-39)62-60(64-61)40-23-8-3-9-24-40/h1-37H. The molecule has 4 heteroatoms. The fourth-order valence-electron chi connectivity index (χ4n) is 10.1. The molecule has 0 unspecified atom stereocenters. The van der Waals surface area contributed by atoms with E-state index in [0.29, 0.717) is 17.5 Å². The molecule has 13 aromatic rings. The Morgan fingerprint density at radius 3 is 1.12 bits per heavy atom. The third-order valence-corrected chi connectivity index (χ3v) is 12.9. The Balaban J connectivity index is 1.04. The molecule has 65 heavy (non-hydrogen) atoms. The predicted molar refractivity (Wildman–Crippen MR) is 270 cm³/mol. The molecule has 11 aromatic carbocycles. The maximum absolute atomic E-state index is 7.13. The number of fused-ring (bicyclic) bond motifs is 7. The summed E-state index contributed by atoms with van der Waals surface area (Å²) < 4.78 is 7.13. The average molecular weight is 828 g/mol. The van der Waals surface area contributed by atoms with Gasteiger partial charge in [-0.15, -0.1) is 0 Å². The summed E-state index contributed by atoms with van der Waals surface area (Å²) in [6, 6.07) is 79.2.